The molecule has 0 bridgehead atoms. The van der Waals surface area contributed by atoms with Crippen molar-refractivity contribution in [3.63, 3.8) is 0 Å². The van der Waals surface area contributed by atoms with Gasteiger partial charge in [-0.1, -0.05) is 6.92 Å². The molecule has 0 aromatic carbocycles. The fourth-order valence-corrected chi connectivity index (χ4v) is 0.988. The van der Waals surface area contributed by atoms with Crippen LogP contribution in [0, 0.1) is 6.92 Å². The summed E-state index contributed by atoms with van der Waals surface area (Å²) in [6.07, 6.45) is 1.07. The van der Waals surface area contributed by atoms with Crippen LogP contribution in [0.1, 0.15) is 19.2 Å². The standard InChI is InChI=1S/C9H15N3O/c1-4-5-10-8-6-9(13-3)12-7(2)11-8/h6H,4-5H2,1-3H3,(H,10,11,12). The van der Waals surface area contributed by atoms with Gasteiger partial charge in [-0.15, -0.1) is 0 Å². The van der Waals surface area contributed by atoms with Crippen LogP contribution in [0.3, 0.4) is 0 Å². The lowest BCUT2D eigenvalue weighted by atomic mass is 10.4. The predicted octanol–water partition coefficient (Wildman–Crippen LogP) is 1.62. The highest BCUT2D eigenvalue weighted by Crippen LogP contribution is 2.12. The Hall–Kier alpha value is -1.32. The predicted molar refractivity (Wildman–Crippen MR) is 52.1 cm³/mol. The Morgan fingerprint density at radius 2 is 2.23 bits per heavy atom. The first-order valence-electron chi connectivity index (χ1n) is 4.39. The van der Waals surface area contributed by atoms with Gasteiger partial charge in [-0.3, -0.25) is 0 Å². The Morgan fingerprint density at radius 3 is 2.85 bits per heavy atom. The van der Waals surface area contributed by atoms with E-state index in [1.165, 1.54) is 0 Å². The summed E-state index contributed by atoms with van der Waals surface area (Å²) >= 11 is 0. The highest BCUT2D eigenvalue weighted by atomic mass is 16.5. The van der Waals surface area contributed by atoms with Crippen LogP contribution in [-0.4, -0.2) is 23.6 Å². The number of hydrogen-bond donors (Lipinski definition) is 1. The summed E-state index contributed by atoms with van der Waals surface area (Å²) in [6.45, 7) is 4.87. The van der Waals surface area contributed by atoms with E-state index in [1.807, 2.05) is 6.92 Å². The summed E-state index contributed by atoms with van der Waals surface area (Å²) < 4.78 is 5.02. The van der Waals surface area contributed by atoms with Gasteiger partial charge in [-0.05, 0) is 13.3 Å². The number of nitrogens with one attached hydrogen (secondary N) is 1. The molecule has 1 heterocycles. The first kappa shape index (κ1) is 9.77. The van der Waals surface area contributed by atoms with E-state index < -0.39 is 0 Å². The average molecular weight is 181 g/mol. The van der Waals surface area contributed by atoms with Crippen molar-refractivity contribution in [3.8, 4) is 5.88 Å². The monoisotopic (exact) mass is 181 g/mol. The van der Waals surface area contributed by atoms with Crippen molar-refractivity contribution in [3.05, 3.63) is 11.9 Å². The molecule has 4 nitrogen and oxygen atoms in total. The molecule has 4 heteroatoms. The fourth-order valence-electron chi connectivity index (χ4n) is 0.988. The molecule has 0 radical (unpaired) electrons. The van der Waals surface area contributed by atoms with Crippen LogP contribution in [-0.2, 0) is 0 Å². The first-order chi connectivity index (χ1) is 6.26. The number of aryl methyl sites for hydroxylation is 1. The summed E-state index contributed by atoms with van der Waals surface area (Å²) in [5, 5.41) is 3.18. The van der Waals surface area contributed by atoms with E-state index in [2.05, 4.69) is 22.2 Å². The van der Waals surface area contributed by atoms with Crippen molar-refractivity contribution >= 4 is 5.82 Å². The molecule has 0 aliphatic heterocycles. The van der Waals surface area contributed by atoms with Crippen LogP contribution in [0.4, 0.5) is 5.82 Å². The topological polar surface area (TPSA) is 47.0 Å². The number of hydrogen-bond acceptors (Lipinski definition) is 4. The highest BCUT2D eigenvalue weighted by molar-refractivity contribution is 5.38. The van der Waals surface area contributed by atoms with Crippen molar-refractivity contribution in [2.24, 2.45) is 0 Å². The quantitative estimate of drug-likeness (QED) is 0.766. The highest BCUT2D eigenvalue weighted by Gasteiger charge is 1.99. The molecule has 1 rings (SSSR count). The molecular weight excluding hydrogens is 166 g/mol. The molecule has 1 aromatic heterocycles. The largest absolute Gasteiger partial charge is 0.481 e. The smallest absolute Gasteiger partial charge is 0.218 e. The molecule has 0 unspecified atom stereocenters. The Kier molecular flexibility index (Phi) is 3.49. The molecule has 0 atom stereocenters. The third kappa shape index (κ3) is 2.89. The minimum absolute atomic E-state index is 0.603. The molecule has 0 spiro atoms. The van der Waals surface area contributed by atoms with Gasteiger partial charge in [0.1, 0.15) is 11.6 Å². The van der Waals surface area contributed by atoms with Gasteiger partial charge in [0, 0.05) is 12.6 Å². The summed E-state index contributed by atoms with van der Waals surface area (Å²) in [6, 6.07) is 1.79. The molecule has 1 aromatic rings. The molecule has 0 aliphatic rings. The van der Waals surface area contributed by atoms with E-state index in [0.29, 0.717) is 5.88 Å². The molecule has 0 amide bonds. The van der Waals surface area contributed by atoms with E-state index in [-0.39, 0.29) is 0 Å². The van der Waals surface area contributed by atoms with Crippen LogP contribution in [0.2, 0.25) is 0 Å². The van der Waals surface area contributed by atoms with Crippen LogP contribution in [0.15, 0.2) is 6.07 Å². The number of ether oxygens (including phenoxy) is 1. The molecule has 1 N–H and O–H groups in total. The summed E-state index contributed by atoms with van der Waals surface area (Å²) in [4.78, 5) is 8.30. The summed E-state index contributed by atoms with van der Waals surface area (Å²) in [5.74, 6) is 2.15. The van der Waals surface area contributed by atoms with Gasteiger partial charge in [0.15, 0.2) is 0 Å². The van der Waals surface area contributed by atoms with Gasteiger partial charge < -0.3 is 10.1 Å². The average Bonchev–Trinajstić information content (AvgIpc) is 2.14. The van der Waals surface area contributed by atoms with Crippen LogP contribution < -0.4 is 10.1 Å². The lowest BCUT2D eigenvalue weighted by Crippen LogP contribution is -2.04. The van der Waals surface area contributed by atoms with Crippen molar-refractivity contribution in [1.29, 1.82) is 0 Å². The molecule has 0 saturated carbocycles. The van der Waals surface area contributed by atoms with Crippen LogP contribution in [0.25, 0.3) is 0 Å². The second-order valence-corrected chi connectivity index (χ2v) is 2.77. The number of anilines is 1. The Morgan fingerprint density at radius 1 is 1.46 bits per heavy atom. The zero-order valence-electron chi connectivity index (χ0n) is 8.29. The third-order valence-corrected chi connectivity index (χ3v) is 1.58. The van der Waals surface area contributed by atoms with Crippen molar-refractivity contribution in [1.82, 2.24) is 9.97 Å². The Bertz CT molecular complexity index is 276. The van der Waals surface area contributed by atoms with Gasteiger partial charge in [0.25, 0.3) is 0 Å². The van der Waals surface area contributed by atoms with E-state index in [0.717, 1.165) is 24.6 Å². The SMILES string of the molecule is CCCNc1cc(OC)nc(C)n1. The maximum absolute atomic E-state index is 5.02. The molecule has 0 aliphatic carbocycles. The second-order valence-electron chi connectivity index (χ2n) is 2.77. The Labute approximate surface area is 78.4 Å². The van der Waals surface area contributed by atoms with Gasteiger partial charge in [0.2, 0.25) is 5.88 Å². The van der Waals surface area contributed by atoms with Crippen molar-refractivity contribution < 1.29 is 4.74 Å². The van der Waals surface area contributed by atoms with Crippen LogP contribution in [0.5, 0.6) is 5.88 Å². The molecule has 0 saturated heterocycles. The zero-order valence-corrected chi connectivity index (χ0v) is 8.29. The normalized spacial score (nSPS) is 9.77. The summed E-state index contributed by atoms with van der Waals surface area (Å²) in [5.41, 5.74) is 0. The molecule has 13 heavy (non-hydrogen) atoms. The van der Waals surface area contributed by atoms with E-state index >= 15 is 0 Å². The number of aromatic nitrogens is 2. The van der Waals surface area contributed by atoms with Crippen LogP contribution >= 0.6 is 0 Å². The number of nitrogens with zero attached hydrogens (tertiary/aromatic N) is 2. The minimum Gasteiger partial charge on any atom is -0.481 e. The maximum Gasteiger partial charge on any atom is 0.218 e. The van der Waals surface area contributed by atoms with E-state index in [4.69, 9.17) is 4.74 Å². The number of methoxy groups -OCH3 is 1. The summed E-state index contributed by atoms with van der Waals surface area (Å²) in [7, 11) is 1.60. The lowest BCUT2D eigenvalue weighted by molar-refractivity contribution is 0.396. The van der Waals surface area contributed by atoms with Gasteiger partial charge >= 0.3 is 0 Å². The van der Waals surface area contributed by atoms with Crippen molar-refractivity contribution in [2.75, 3.05) is 19.0 Å². The molecule has 0 fully saturated rings. The molecular formula is C9H15N3O. The van der Waals surface area contributed by atoms with Gasteiger partial charge in [0.05, 0.1) is 7.11 Å². The number of rotatable bonds is 4. The maximum atomic E-state index is 5.02. The fraction of sp³-hybridized carbons (Fsp3) is 0.556. The van der Waals surface area contributed by atoms with Gasteiger partial charge in [-0.25, -0.2) is 4.98 Å². The minimum atomic E-state index is 0.603. The third-order valence-electron chi connectivity index (χ3n) is 1.58. The van der Waals surface area contributed by atoms with Crippen molar-refractivity contribution in [2.45, 2.75) is 20.3 Å². The van der Waals surface area contributed by atoms with E-state index in [1.54, 1.807) is 13.2 Å². The zero-order chi connectivity index (χ0) is 9.68. The molecule has 72 valence electrons. The second kappa shape index (κ2) is 4.64. The first-order valence-corrected chi connectivity index (χ1v) is 4.39. The lowest BCUT2D eigenvalue weighted by Gasteiger charge is -2.06. The Balaban J connectivity index is 2.76. The van der Waals surface area contributed by atoms with Gasteiger partial charge in [-0.2, -0.15) is 4.98 Å². The van der Waals surface area contributed by atoms with E-state index in [9.17, 15) is 0 Å².